The summed E-state index contributed by atoms with van der Waals surface area (Å²) in [6, 6.07) is 0. The number of sulfonamides is 1. The second-order valence-electron chi connectivity index (χ2n) is 3.90. The van der Waals surface area contributed by atoms with E-state index in [9.17, 15) is 8.42 Å². The molecule has 0 saturated carbocycles. The molecule has 0 unspecified atom stereocenters. The molecule has 1 aromatic heterocycles. The van der Waals surface area contributed by atoms with Crippen LogP contribution in [-0.2, 0) is 21.8 Å². The van der Waals surface area contributed by atoms with Crippen LogP contribution in [0.15, 0.2) is 11.2 Å². The van der Waals surface area contributed by atoms with E-state index < -0.39 is 10.0 Å². The number of aliphatic hydroxyl groups is 1. The van der Waals surface area contributed by atoms with Gasteiger partial charge in [0.2, 0.25) is 0 Å². The summed E-state index contributed by atoms with van der Waals surface area (Å²) in [6.45, 7) is 2.33. The maximum atomic E-state index is 12.1. The number of aryl methyl sites for hydroxylation is 2. The summed E-state index contributed by atoms with van der Waals surface area (Å²) < 4.78 is 32.1. The first-order valence-corrected chi connectivity index (χ1v) is 6.98. The smallest absolute Gasteiger partial charge is 0.261 e. The Morgan fingerprint density at radius 1 is 1.50 bits per heavy atom. The summed E-state index contributed by atoms with van der Waals surface area (Å²) in [5, 5.41) is 8.57. The number of aliphatic hydroxyl groups excluding tert-OH is 1. The van der Waals surface area contributed by atoms with Gasteiger partial charge in [0, 0.05) is 26.8 Å². The Bertz CT molecular complexity index is 464. The minimum Gasteiger partial charge on any atom is -0.394 e. The number of aromatic nitrogens is 2. The van der Waals surface area contributed by atoms with E-state index in [0.717, 1.165) is 0 Å². The number of imidazole rings is 1. The van der Waals surface area contributed by atoms with E-state index in [2.05, 4.69) is 4.98 Å². The van der Waals surface area contributed by atoms with Crippen molar-refractivity contribution in [1.29, 1.82) is 0 Å². The molecule has 7 nitrogen and oxygen atoms in total. The molecule has 0 aliphatic carbocycles. The molecule has 0 aliphatic rings. The summed E-state index contributed by atoms with van der Waals surface area (Å²) in [5.41, 5.74) is 0. The van der Waals surface area contributed by atoms with Crippen molar-refractivity contribution in [1.82, 2.24) is 13.9 Å². The fraction of sp³-hybridized carbons (Fsp3) is 0.700. The van der Waals surface area contributed by atoms with Crippen molar-refractivity contribution >= 4 is 10.0 Å². The van der Waals surface area contributed by atoms with Crippen molar-refractivity contribution in [2.45, 2.75) is 11.9 Å². The predicted molar refractivity (Wildman–Crippen MR) is 65.7 cm³/mol. The normalized spacial score (nSPS) is 12.3. The third kappa shape index (κ3) is 3.52. The van der Waals surface area contributed by atoms with Crippen LogP contribution in [-0.4, -0.2) is 60.8 Å². The van der Waals surface area contributed by atoms with Crippen molar-refractivity contribution in [2.24, 2.45) is 7.05 Å². The van der Waals surface area contributed by atoms with Gasteiger partial charge in [-0.15, -0.1) is 0 Å². The Morgan fingerprint density at radius 2 is 2.17 bits per heavy atom. The van der Waals surface area contributed by atoms with E-state index in [1.54, 1.807) is 18.5 Å². The van der Waals surface area contributed by atoms with E-state index in [1.807, 2.05) is 0 Å². The van der Waals surface area contributed by atoms with Gasteiger partial charge < -0.3 is 14.4 Å². The Balaban J connectivity index is 2.68. The first kappa shape index (κ1) is 15.1. The summed E-state index contributed by atoms with van der Waals surface area (Å²) in [7, 11) is -0.353. The fourth-order valence-corrected chi connectivity index (χ4v) is 2.46. The second-order valence-corrected chi connectivity index (χ2v) is 5.89. The lowest BCUT2D eigenvalue weighted by Gasteiger charge is -2.15. The molecular weight excluding hydrogens is 258 g/mol. The lowest BCUT2D eigenvalue weighted by molar-refractivity contribution is 0.0876. The topological polar surface area (TPSA) is 84.7 Å². The second kappa shape index (κ2) is 6.28. The zero-order valence-corrected chi connectivity index (χ0v) is 11.6. The Morgan fingerprint density at radius 3 is 2.67 bits per heavy atom. The first-order valence-electron chi connectivity index (χ1n) is 5.54. The zero-order valence-electron chi connectivity index (χ0n) is 10.8. The number of likely N-dealkylation sites (N-methyl/N-ethyl adjacent to an activating group) is 1. The number of hydrogen-bond donors (Lipinski definition) is 1. The number of ether oxygens (including phenoxy) is 1. The molecule has 1 heterocycles. The van der Waals surface area contributed by atoms with Crippen LogP contribution in [0.1, 0.15) is 5.82 Å². The Labute approximate surface area is 107 Å². The van der Waals surface area contributed by atoms with Crippen LogP contribution in [0.25, 0.3) is 0 Å². The highest BCUT2D eigenvalue weighted by molar-refractivity contribution is 7.89. The average molecular weight is 277 g/mol. The van der Waals surface area contributed by atoms with Gasteiger partial charge in [-0.3, -0.25) is 0 Å². The summed E-state index contributed by atoms with van der Waals surface area (Å²) in [6.07, 6.45) is 1.48. The summed E-state index contributed by atoms with van der Waals surface area (Å²) >= 11 is 0. The van der Waals surface area contributed by atoms with Gasteiger partial charge in [0.05, 0.1) is 19.8 Å². The lowest BCUT2D eigenvalue weighted by Crippen LogP contribution is -2.30. The van der Waals surface area contributed by atoms with Crippen molar-refractivity contribution in [3.63, 3.8) is 0 Å². The van der Waals surface area contributed by atoms with Gasteiger partial charge in [0.15, 0.2) is 5.03 Å². The van der Waals surface area contributed by atoms with Crippen molar-refractivity contribution in [2.75, 3.05) is 33.4 Å². The quantitative estimate of drug-likeness (QED) is 0.670. The van der Waals surface area contributed by atoms with Gasteiger partial charge in [-0.05, 0) is 6.92 Å². The molecular formula is C10H19N3O4S. The lowest BCUT2D eigenvalue weighted by atomic mass is 10.7. The van der Waals surface area contributed by atoms with Gasteiger partial charge in [0.25, 0.3) is 10.0 Å². The monoisotopic (exact) mass is 277 g/mol. The number of rotatable bonds is 7. The summed E-state index contributed by atoms with van der Waals surface area (Å²) in [4.78, 5) is 4.00. The summed E-state index contributed by atoms with van der Waals surface area (Å²) in [5.74, 6) is 0.638. The van der Waals surface area contributed by atoms with Gasteiger partial charge in [-0.25, -0.2) is 13.4 Å². The molecule has 0 saturated heterocycles. The molecule has 0 atom stereocenters. The van der Waals surface area contributed by atoms with Gasteiger partial charge in [-0.1, -0.05) is 0 Å². The van der Waals surface area contributed by atoms with Crippen molar-refractivity contribution in [3.8, 4) is 0 Å². The standard InChI is InChI=1S/C10H19N3O4S/c1-9-11-10(8-12(9)2)18(15,16)13(3)4-6-17-7-5-14/h8,14H,4-7H2,1-3H3. The Kier molecular flexibility index (Phi) is 5.27. The molecule has 0 aliphatic heterocycles. The molecule has 0 fully saturated rings. The molecule has 0 amide bonds. The molecule has 0 spiro atoms. The van der Waals surface area contributed by atoms with Crippen LogP contribution in [0.5, 0.6) is 0 Å². The molecule has 0 bridgehead atoms. The minimum absolute atomic E-state index is 0.0344. The van der Waals surface area contributed by atoms with Gasteiger partial charge >= 0.3 is 0 Å². The number of nitrogens with zero attached hydrogens (tertiary/aromatic N) is 3. The predicted octanol–water partition coefficient (Wildman–Crippen LogP) is -0.642. The molecule has 18 heavy (non-hydrogen) atoms. The van der Waals surface area contributed by atoms with Gasteiger partial charge in [0.1, 0.15) is 5.82 Å². The highest BCUT2D eigenvalue weighted by atomic mass is 32.2. The molecule has 0 aromatic carbocycles. The van der Waals surface area contributed by atoms with Crippen LogP contribution in [0.4, 0.5) is 0 Å². The van der Waals surface area contributed by atoms with Crippen LogP contribution < -0.4 is 0 Å². The molecule has 104 valence electrons. The highest BCUT2D eigenvalue weighted by Gasteiger charge is 2.23. The number of hydrogen-bond acceptors (Lipinski definition) is 5. The molecule has 0 radical (unpaired) electrons. The zero-order chi connectivity index (χ0) is 13.8. The van der Waals surface area contributed by atoms with Gasteiger partial charge in [-0.2, -0.15) is 4.31 Å². The SMILES string of the molecule is Cc1nc(S(=O)(=O)N(C)CCOCCO)cn1C. The van der Waals surface area contributed by atoms with Crippen LogP contribution in [0.2, 0.25) is 0 Å². The van der Waals surface area contributed by atoms with Crippen molar-refractivity contribution < 1.29 is 18.3 Å². The third-order valence-corrected chi connectivity index (χ3v) is 4.28. The molecule has 1 rings (SSSR count). The maximum absolute atomic E-state index is 12.1. The third-order valence-electron chi connectivity index (χ3n) is 2.55. The van der Waals surface area contributed by atoms with Crippen LogP contribution in [0, 0.1) is 6.92 Å². The van der Waals surface area contributed by atoms with E-state index >= 15 is 0 Å². The van der Waals surface area contributed by atoms with Crippen LogP contribution in [0.3, 0.4) is 0 Å². The minimum atomic E-state index is -3.57. The highest BCUT2D eigenvalue weighted by Crippen LogP contribution is 2.12. The molecule has 1 aromatic rings. The molecule has 1 N–H and O–H groups in total. The first-order chi connectivity index (χ1) is 8.39. The maximum Gasteiger partial charge on any atom is 0.261 e. The molecule has 8 heteroatoms. The fourth-order valence-electron chi connectivity index (χ4n) is 1.29. The van der Waals surface area contributed by atoms with Crippen molar-refractivity contribution in [3.05, 3.63) is 12.0 Å². The van der Waals surface area contributed by atoms with E-state index in [1.165, 1.54) is 17.5 Å². The average Bonchev–Trinajstić information content (AvgIpc) is 2.65. The largest absolute Gasteiger partial charge is 0.394 e. The van der Waals surface area contributed by atoms with E-state index in [4.69, 9.17) is 9.84 Å². The van der Waals surface area contributed by atoms with E-state index in [-0.39, 0.29) is 31.4 Å². The Hall–Kier alpha value is -0.960. The van der Waals surface area contributed by atoms with Crippen LogP contribution >= 0.6 is 0 Å². The van der Waals surface area contributed by atoms with E-state index in [0.29, 0.717) is 5.82 Å².